The smallest absolute Gasteiger partial charge is 0.321 e. The van der Waals surface area contributed by atoms with Crippen LogP contribution in [0.25, 0.3) is 10.2 Å². The second kappa shape index (κ2) is 7.95. The van der Waals surface area contributed by atoms with Crippen molar-refractivity contribution in [3.63, 3.8) is 0 Å². The van der Waals surface area contributed by atoms with Crippen LogP contribution < -0.4 is 10.6 Å². The summed E-state index contributed by atoms with van der Waals surface area (Å²) in [6, 6.07) is 7.59. The van der Waals surface area contributed by atoms with Gasteiger partial charge in [-0.05, 0) is 24.5 Å². The molecule has 114 valence electrons. The number of benzene rings is 1. The lowest BCUT2D eigenvalue weighted by molar-refractivity contribution is 0.108. The second-order valence-corrected chi connectivity index (χ2v) is 6.22. The number of aromatic nitrogens is 1. The van der Waals surface area contributed by atoms with E-state index in [0.717, 1.165) is 23.2 Å². The zero-order chi connectivity index (χ0) is 15.1. The van der Waals surface area contributed by atoms with E-state index in [0.29, 0.717) is 24.2 Å². The third-order valence-corrected chi connectivity index (χ3v) is 3.67. The number of carbonyl (C=O) groups excluding carboxylic acids is 1. The number of anilines is 1. The van der Waals surface area contributed by atoms with Crippen molar-refractivity contribution in [3.05, 3.63) is 24.3 Å². The summed E-state index contributed by atoms with van der Waals surface area (Å²) in [5.41, 5.74) is 0.903. The van der Waals surface area contributed by atoms with Crippen molar-refractivity contribution in [2.24, 2.45) is 5.92 Å². The maximum absolute atomic E-state index is 11.7. The average molecular weight is 307 g/mol. The molecule has 0 aliphatic rings. The molecule has 6 heteroatoms. The Hall–Kier alpha value is -1.66. The van der Waals surface area contributed by atoms with Gasteiger partial charge in [0.1, 0.15) is 0 Å². The lowest BCUT2D eigenvalue weighted by Crippen LogP contribution is -2.30. The molecule has 2 aromatic rings. The fourth-order valence-corrected chi connectivity index (χ4v) is 2.62. The molecule has 0 saturated carbocycles. The minimum absolute atomic E-state index is 0.224. The van der Waals surface area contributed by atoms with Gasteiger partial charge in [-0.15, -0.1) is 0 Å². The Labute approximate surface area is 128 Å². The van der Waals surface area contributed by atoms with Gasteiger partial charge in [-0.2, -0.15) is 0 Å². The molecular formula is C15H21N3O2S. The zero-order valence-electron chi connectivity index (χ0n) is 12.4. The van der Waals surface area contributed by atoms with E-state index in [1.165, 1.54) is 11.3 Å². The number of urea groups is 1. The maximum atomic E-state index is 11.7. The second-order valence-electron chi connectivity index (χ2n) is 5.19. The number of thiazole rings is 1. The third-order valence-electron chi connectivity index (χ3n) is 2.72. The molecule has 0 atom stereocenters. The van der Waals surface area contributed by atoms with Gasteiger partial charge in [0.05, 0.1) is 10.2 Å². The van der Waals surface area contributed by atoms with Gasteiger partial charge in [-0.1, -0.05) is 37.3 Å². The zero-order valence-corrected chi connectivity index (χ0v) is 13.2. The van der Waals surface area contributed by atoms with Crippen LogP contribution in [0, 0.1) is 5.92 Å². The molecule has 0 radical (unpaired) electrons. The fraction of sp³-hybridized carbons (Fsp3) is 0.467. The van der Waals surface area contributed by atoms with Crippen molar-refractivity contribution in [2.75, 3.05) is 25.1 Å². The molecule has 5 nitrogen and oxygen atoms in total. The molecule has 21 heavy (non-hydrogen) atoms. The Morgan fingerprint density at radius 1 is 1.38 bits per heavy atom. The standard InChI is InChI=1S/C15H21N3O2S/c1-11(2)10-20-9-5-8-16-14(19)18-15-17-12-6-3-4-7-13(12)21-15/h3-4,6-7,11H,5,8-10H2,1-2H3,(H2,16,17,18,19). The first-order valence-corrected chi connectivity index (χ1v) is 7.95. The highest BCUT2D eigenvalue weighted by atomic mass is 32.1. The first-order valence-electron chi connectivity index (χ1n) is 7.13. The molecular weight excluding hydrogens is 286 g/mol. The van der Waals surface area contributed by atoms with Crippen LogP contribution in [0.1, 0.15) is 20.3 Å². The largest absolute Gasteiger partial charge is 0.381 e. The van der Waals surface area contributed by atoms with Crippen LogP contribution in [0.3, 0.4) is 0 Å². The lowest BCUT2D eigenvalue weighted by Gasteiger charge is -2.07. The SMILES string of the molecule is CC(C)COCCCNC(=O)Nc1nc2ccccc2s1. The summed E-state index contributed by atoms with van der Waals surface area (Å²) < 4.78 is 6.52. The van der Waals surface area contributed by atoms with Gasteiger partial charge in [-0.3, -0.25) is 5.32 Å². The van der Waals surface area contributed by atoms with Crippen LogP contribution in [0.2, 0.25) is 0 Å². The van der Waals surface area contributed by atoms with Crippen molar-refractivity contribution < 1.29 is 9.53 Å². The average Bonchev–Trinajstić information content (AvgIpc) is 2.84. The van der Waals surface area contributed by atoms with Gasteiger partial charge in [0, 0.05) is 19.8 Å². The molecule has 2 rings (SSSR count). The van der Waals surface area contributed by atoms with Crippen LogP contribution >= 0.6 is 11.3 Å². The summed E-state index contributed by atoms with van der Waals surface area (Å²) in [6.45, 7) is 6.25. The third kappa shape index (κ3) is 5.32. The minimum atomic E-state index is -0.224. The number of amides is 2. The van der Waals surface area contributed by atoms with Crippen LogP contribution in [0.15, 0.2) is 24.3 Å². The molecule has 0 fully saturated rings. The number of nitrogens with zero attached hydrogens (tertiary/aromatic N) is 1. The highest BCUT2D eigenvalue weighted by Crippen LogP contribution is 2.25. The molecule has 0 bridgehead atoms. The summed E-state index contributed by atoms with van der Waals surface area (Å²) in [7, 11) is 0. The summed E-state index contributed by atoms with van der Waals surface area (Å²) in [5, 5.41) is 6.17. The molecule has 0 aliphatic heterocycles. The molecule has 2 N–H and O–H groups in total. The number of hydrogen-bond donors (Lipinski definition) is 2. The van der Waals surface area contributed by atoms with E-state index in [1.54, 1.807) is 0 Å². The van der Waals surface area contributed by atoms with Crippen LogP contribution in [-0.2, 0) is 4.74 Å². The molecule has 1 heterocycles. The van der Waals surface area contributed by atoms with Gasteiger partial charge >= 0.3 is 6.03 Å². The quantitative estimate of drug-likeness (QED) is 0.770. The van der Waals surface area contributed by atoms with E-state index in [2.05, 4.69) is 29.5 Å². The molecule has 1 aromatic heterocycles. The van der Waals surface area contributed by atoms with E-state index in [4.69, 9.17) is 4.74 Å². The fourth-order valence-electron chi connectivity index (χ4n) is 1.76. The summed E-state index contributed by atoms with van der Waals surface area (Å²) in [4.78, 5) is 16.1. The number of nitrogens with one attached hydrogen (secondary N) is 2. The van der Waals surface area contributed by atoms with Crippen molar-refractivity contribution in [1.29, 1.82) is 0 Å². The summed E-state index contributed by atoms with van der Waals surface area (Å²) >= 11 is 1.47. The van der Waals surface area contributed by atoms with Gasteiger partial charge in [-0.25, -0.2) is 9.78 Å². The molecule has 0 spiro atoms. The first-order chi connectivity index (χ1) is 10.1. The van der Waals surface area contributed by atoms with Crippen molar-refractivity contribution in [3.8, 4) is 0 Å². The minimum Gasteiger partial charge on any atom is -0.381 e. The molecule has 0 aliphatic carbocycles. The number of para-hydroxylation sites is 1. The number of carbonyl (C=O) groups is 1. The van der Waals surface area contributed by atoms with Gasteiger partial charge in [0.2, 0.25) is 0 Å². The summed E-state index contributed by atoms with van der Waals surface area (Å²) in [6.07, 6.45) is 0.806. The first kappa shape index (κ1) is 15.7. The van der Waals surface area contributed by atoms with Crippen molar-refractivity contribution in [2.45, 2.75) is 20.3 Å². The molecule has 2 amide bonds. The van der Waals surface area contributed by atoms with E-state index in [9.17, 15) is 4.79 Å². The van der Waals surface area contributed by atoms with Gasteiger partial charge in [0.15, 0.2) is 5.13 Å². The number of rotatable bonds is 7. The number of hydrogen-bond acceptors (Lipinski definition) is 4. The van der Waals surface area contributed by atoms with E-state index in [1.807, 2.05) is 24.3 Å². The maximum Gasteiger partial charge on any atom is 0.321 e. The normalized spacial score (nSPS) is 11.0. The monoisotopic (exact) mass is 307 g/mol. The van der Waals surface area contributed by atoms with Crippen LogP contribution in [0.5, 0.6) is 0 Å². The van der Waals surface area contributed by atoms with E-state index in [-0.39, 0.29) is 6.03 Å². The van der Waals surface area contributed by atoms with Gasteiger partial charge in [0.25, 0.3) is 0 Å². The van der Waals surface area contributed by atoms with E-state index >= 15 is 0 Å². The topological polar surface area (TPSA) is 63.2 Å². The Balaban J connectivity index is 1.67. The Morgan fingerprint density at radius 2 is 2.19 bits per heavy atom. The van der Waals surface area contributed by atoms with Crippen molar-refractivity contribution >= 4 is 32.7 Å². The van der Waals surface area contributed by atoms with Crippen LogP contribution in [-0.4, -0.2) is 30.8 Å². The van der Waals surface area contributed by atoms with Gasteiger partial charge < -0.3 is 10.1 Å². The van der Waals surface area contributed by atoms with E-state index < -0.39 is 0 Å². The molecule has 0 saturated heterocycles. The molecule has 1 aromatic carbocycles. The number of ether oxygens (including phenoxy) is 1. The molecule has 0 unspecified atom stereocenters. The Kier molecular flexibility index (Phi) is 5.95. The number of fused-ring (bicyclic) bond motifs is 1. The highest BCUT2D eigenvalue weighted by Gasteiger charge is 2.06. The Bertz CT molecular complexity index is 550. The Morgan fingerprint density at radius 3 is 2.95 bits per heavy atom. The highest BCUT2D eigenvalue weighted by molar-refractivity contribution is 7.22. The van der Waals surface area contributed by atoms with Crippen molar-refractivity contribution in [1.82, 2.24) is 10.3 Å². The lowest BCUT2D eigenvalue weighted by atomic mass is 10.2. The summed E-state index contributed by atoms with van der Waals surface area (Å²) in [5.74, 6) is 0.542. The van der Waals surface area contributed by atoms with Crippen LogP contribution in [0.4, 0.5) is 9.93 Å². The predicted molar refractivity (Wildman–Crippen MR) is 86.9 cm³/mol. The predicted octanol–water partition coefficient (Wildman–Crippen LogP) is 3.48.